The minimum Gasteiger partial charge on any atom is -0.493 e. The van der Waals surface area contributed by atoms with Gasteiger partial charge in [0.25, 0.3) is 0 Å². The van der Waals surface area contributed by atoms with E-state index in [-0.39, 0.29) is 18.4 Å². The van der Waals surface area contributed by atoms with Crippen molar-refractivity contribution in [1.29, 1.82) is 0 Å². The summed E-state index contributed by atoms with van der Waals surface area (Å²) in [6, 6.07) is 12.3. The van der Waals surface area contributed by atoms with Gasteiger partial charge in [-0.1, -0.05) is 63.1 Å². The van der Waals surface area contributed by atoms with E-state index in [4.69, 9.17) is 21.1 Å². The van der Waals surface area contributed by atoms with Crippen LogP contribution in [-0.2, 0) is 21.1 Å². The van der Waals surface area contributed by atoms with Crippen LogP contribution in [0.25, 0.3) is 0 Å². The second-order valence-corrected chi connectivity index (χ2v) is 12.1. The zero-order valence-corrected chi connectivity index (χ0v) is 24.4. The highest BCUT2D eigenvalue weighted by molar-refractivity contribution is 7.91. The van der Waals surface area contributed by atoms with Crippen molar-refractivity contribution in [3.05, 3.63) is 58.6 Å². The normalized spacial score (nSPS) is 12.8. The van der Waals surface area contributed by atoms with Gasteiger partial charge in [0.05, 0.1) is 13.2 Å². The third-order valence-corrected chi connectivity index (χ3v) is 7.63. The van der Waals surface area contributed by atoms with Crippen molar-refractivity contribution < 1.29 is 22.7 Å². The van der Waals surface area contributed by atoms with E-state index in [2.05, 4.69) is 22.5 Å². The van der Waals surface area contributed by atoms with Gasteiger partial charge in [0.1, 0.15) is 12.0 Å². The van der Waals surface area contributed by atoms with Gasteiger partial charge < -0.3 is 14.8 Å². The third-order valence-electron chi connectivity index (χ3n) is 5.97. The van der Waals surface area contributed by atoms with Crippen LogP contribution in [0.4, 0.5) is 0 Å². The van der Waals surface area contributed by atoms with E-state index < -0.39 is 21.3 Å². The van der Waals surface area contributed by atoms with E-state index in [1.54, 1.807) is 19.2 Å². The Balaban J connectivity index is 1.93. The standard InChI is InChI=1S/C29H39ClN2O5S/c1-6-7-10-27(38(5,34)35)32-28(21(2)3)29(33)31-18-17-23-13-16-25(26(20-23)36-4)37-19-8-9-22-11-14-24(30)15-12-22/h11-16,20-21,27-28,32H,6-7,10,17-19H2,1-5H3,(H,31,33). The summed E-state index contributed by atoms with van der Waals surface area (Å²) in [5.74, 6) is 6.87. The molecule has 2 atom stereocenters. The summed E-state index contributed by atoms with van der Waals surface area (Å²) in [4.78, 5) is 12.9. The van der Waals surface area contributed by atoms with Crippen molar-refractivity contribution in [3.8, 4) is 23.3 Å². The van der Waals surface area contributed by atoms with Crippen molar-refractivity contribution in [2.75, 3.05) is 26.5 Å². The van der Waals surface area contributed by atoms with E-state index in [0.717, 1.165) is 24.0 Å². The van der Waals surface area contributed by atoms with E-state index in [0.29, 0.717) is 35.9 Å². The van der Waals surface area contributed by atoms with Gasteiger partial charge in [-0.25, -0.2) is 8.42 Å². The van der Waals surface area contributed by atoms with Crippen LogP contribution in [0.3, 0.4) is 0 Å². The number of hydrogen-bond acceptors (Lipinski definition) is 6. The first kappa shape index (κ1) is 31.5. The van der Waals surface area contributed by atoms with E-state index in [1.165, 1.54) is 6.26 Å². The molecule has 9 heteroatoms. The highest BCUT2D eigenvalue weighted by Crippen LogP contribution is 2.28. The molecule has 2 unspecified atom stereocenters. The molecular formula is C29H39ClN2O5S. The zero-order chi connectivity index (χ0) is 28.1. The average Bonchev–Trinajstić information content (AvgIpc) is 2.87. The van der Waals surface area contributed by atoms with Gasteiger partial charge >= 0.3 is 0 Å². The Hall–Kier alpha value is -2.73. The van der Waals surface area contributed by atoms with Crippen molar-refractivity contribution in [3.63, 3.8) is 0 Å². The molecule has 0 saturated heterocycles. The molecule has 0 aliphatic rings. The topological polar surface area (TPSA) is 93.7 Å². The van der Waals surface area contributed by atoms with Crippen LogP contribution in [0.5, 0.6) is 11.5 Å². The number of unbranched alkanes of at least 4 members (excludes halogenated alkanes) is 1. The number of ether oxygens (including phenoxy) is 2. The van der Waals surface area contributed by atoms with Gasteiger partial charge in [0, 0.05) is 23.4 Å². The molecule has 0 saturated carbocycles. The molecule has 208 valence electrons. The molecule has 38 heavy (non-hydrogen) atoms. The predicted octanol–water partition coefficient (Wildman–Crippen LogP) is 4.61. The molecule has 0 spiro atoms. The van der Waals surface area contributed by atoms with E-state index in [1.807, 2.05) is 51.1 Å². The summed E-state index contributed by atoms with van der Waals surface area (Å²) in [6.45, 7) is 6.42. The number of methoxy groups -OCH3 is 1. The number of halogens is 1. The van der Waals surface area contributed by atoms with Crippen molar-refractivity contribution >= 4 is 27.3 Å². The number of sulfone groups is 1. The number of amides is 1. The van der Waals surface area contributed by atoms with Gasteiger partial charge in [0.2, 0.25) is 5.91 Å². The molecule has 0 bridgehead atoms. The van der Waals surface area contributed by atoms with Crippen LogP contribution in [0.2, 0.25) is 5.02 Å². The number of rotatable bonds is 14. The smallest absolute Gasteiger partial charge is 0.237 e. The highest BCUT2D eigenvalue weighted by Gasteiger charge is 2.29. The van der Waals surface area contributed by atoms with E-state index in [9.17, 15) is 13.2 Å². The Kier molecular flexibility index (Phi) is 12.9. The first-order valence-corrected chi connectivity index (χ1v) is 15.1. The lowest BCUT2D eigenvalue weighted by Crippen LogP contribution is -2.53. The predicted molar refractivity (Wildman–Crippen MR) is 153 cm³/mol. The molecule has 1 amide bonds. The first-order chi connectivity index (χ1) is 18.0. The number of nitrogens with one attached hydrogen (secondary N) is 2. The fraction of sp³-hybridized carbons (Fsp3) is 0.483. The maximum absolute atomic E-state index is 12.9. The fourth-order valence-electron chi connectivity index (χ4n) is 3.79. The van der Waals surface area contributed by atoms with Crippen molar-refractivity contribution in [2.24, 2.45) is 5.92 Å². The molecule has 2 aromatic rings. The highest BCUT2D eigenvalue weighted by atomic mass is 35.5. The second kappa shape index (κ2) is 15.6. The lowest BCUT2D eigenvalue weighted by atomic mass is 10.0. The minimum absolute atomic E-state index is 0.0693. The lowest BCUT2D eigenvalue weighted by molar-refractivity contribution is -0.124. The second-order valence-electron chi connectivity index (χ2n) is 9.47. The molecule has 0 aromatic heterocycles. The van der Waals surface area contributed by atoms with Crippen LogP contribution in [0.15, 0.2) is 42.5 Å². The molecule has 0 radical (unpaired) electrons. The maximum Gasteiger partial charge on any atom is 0.237 e. The summed E-state index contributed by atoms with van der Waals surface area (Å²) in [6.07, 6.45) is 3.92. The lowest BCUT2D eigenvalue weighted by Gasteiger charge is -2.27. The first-order valence-electron chi connectivity index (χ1n) is 12.8. The van der Waals surface area contributed by atoms with Crippen molar-refractivity contribution in [1.82, 2.24) is 10.6 Å². The van der Waals surface area contributed by atoms with Crippen LogP contribution < -0.4 is 20.1 Å². The van der Waals surface area contributed by atoms with Gasteiger partial charge in [-0.05, 0) is 60.7 Å². The summed E-state index contributed by atoms with van der Waals surface area (Å²) in [5, 5.41) is 5.95. The zero-order valence-electron chi connectivity index (χ0n) is 22.8. The van der Waals surface area contributed by atoms with Gasteiger partial charge in [0.15, 0.2) is 21.3 Å². The molecule has 0 aliphatic carbocycles. The number of carbonyl (C=O) groups is 1. The van der Waals surface area contributed by atoms with Gasteiger partial charge in [-0.2, -0.15) is 0 Å². The fourth-order valence-corrected chi connectivity index (χ4v) is 4.91. The Labute approximate surface area is 232 Å². The summed E-state index contributed by atoms with van der Waals surface area (Å²) >= 11 is 5.89. The van der Waals surface area contributed by atoms with Crippen LogP contribution in [0, 0.1) is 17.8 Å². The molecular weight excluding hydrogens is 524 g/mol. The van der Waals surface area contributed by atoms with Crippen LogP contribution in [-0.4, -0.2) is 52.3 Å². The molecule has 2 rings (SSSR count). The van der Waals surface area contributed by atoms with Gasteiger partial charge in [-0.3, -0.25) is 10.1 Å². The maximum atomic E-state index is 12.9. The number of carbonyl (C=O) groups excluding carboxylic acids is 1. The Bertz CT molecular complexity index is 1200. The molecule has 0 heterocycles. The van der Waals surface area contributed by atoms with E-state index >= 15 is 0 Å². The number of benzene rings is 2. The molecule has 2 N–H and O–H groups in total. The Morgan fingerprint density at radius 2 is 1.82 bits per heavy atom. The van der Waals surface area contributed by atoms with Crippen molar-refractivity contribution in [2.45, 2.75) is 57.9 Å². The Morgan fingerprint density at radius 3 is 2.42 bits per heavy atom. The average molecular weight is 563 g/mol. The van der Waals surface area contributed by atoms with Gasteiger partial charge in [-0.15, -0.1) is 0 Å². The number of hydrogen-bond donors (Lipinski definition) is 2. The van der Waals surface area contributed by atoms with Crippen LogP contribution >= 0.6 is 11.6 Å². The van der Waals surface area contributed by atoms with Crippen LogP contribution in [0.1, 0.15) is 51.2 Å². The monoisotopic (exact) mass is 562 g/mol. The SMILES string of the molecule is CCCCC(NC(C(=O)NCCc1ccc(OCC#Cc2ccc(Cl)cc2)c(OC)c1)C(C)C)S(C)(=O)=O. The molecule has 2 aromatic carbocycles. The third kappa shape index (κ3) is 10.6. The molecule has 0 aliphatic heterocycles. The molecule has 7 nitrogen and oxygen atoms in total. The summed E-state index contributed by atoms with van der Waals surface area (Å²) in [5.41, 5.74) is 1.82. The largest absolute Gasteiger partial charge is 0.493 e. The Morgan fingerprint density at radius 1 is 1.11 bits per heavy atom. The minimum atomic E-state index is -3.33. The molecule has 0 fully saturated rings. The summed E-state index contributed by atoms with van der Waals surface area (Å²) in [7, 11) is -1.76. The quantitative estimate of drug-likeness (QED) is 0.327. The summed E-state index contributed by atoms with van der Waals surface area (Å²) < 4.78 is 35.7.